The predicted molar refractivity (Wildman–Crippen MR) is 75.3 cm³/mol. The summed E-state index contributed by atoms with van der Waals surface area (Å²) in [6, 6.07) is 7.20. The minimum absolute atomic E-state index is 0.248. The van der Waals surface area contributed by atoms with E-state index in [0.29, 0.717) is 23.7 Å². The molecule has 0 N–H and O–H groups in total. The van der Waals surface area contributed by atoms with Gasteiger partial charge in [-0.2, -0.15) is 0 Å². The molecule has 20 heavy (non-hydrogen) atoms. The summed E-state index contributed by atoms with van der Waals surface area (Å²) in [5.74, 6) is 1.01. The van der Waals surface area contributed by atoms with Gasteiger partial charge in [0, 0.05) is 17.2 Å². The zero-order valence-corrected chi connectivity index (χ0v) is 12.6. The van der Waals surface area contributed by atoms with Crippen LogP contribution in [0, 0.1) is 0 Å². The highest BCUT2D eigenvalue weighted by atomic mass is 35.7. The number of para-hydroxylation sites is 1. The summed E-state index contributed by atoms with van der Waals surface area (Å²) in [4.78, 5) is 0. The average Bonchev–Trinajstić information content (AvgIpc) is 2.82. The van der Waals surface area contributed by atoms with Gasteiger partial charge in [0.05, 0.1) is 12.7 Å². The lowest BCUT2D eigenvalue weighted by Crippen LogP contribution is -2.08. The molecule has 0 bridgehead atoms. The maximum absolute atomic E-state index is 11.5. The number of aromatic nitrogens is 3. The number of ether oxygens (including phenoxy) is 1. The van der Waals surface area contributed by atoms with Crippen molar-refractivity contribution in [1.29, 1.82) is 0 Å². The highest BCUT2D eigenvalue weighted by Gasteiger charge is 2.24. The molecule has 108 valence electrons. The third kappa shape index (κ3) is 2.78. The Morgan fingerprint density at radius 2 is 2.00 bits per heavy atom. The Hall–Kier alpha value is -1.60. The Kier molecular flexibility index (Phi) is 4.29. The van der Waals surface area contributed by atoms with Crippen LogP contribution in [0.15, 0.2) is 29.4 Å². The molecule has 0 amide bonds. The first-order chi connectivity index (χ1) is 9.49. The molecule has 8 heteroatoms. The monoisotopic (exact) mass is 315 g/mol. The van der Waals surface area contributed by atoms with Crippen LogP contribution in [-0.4, -0.2) is 30.3 Å². The van der Waals surface area contributed by atoms with Crippen molar-refractivity contribution in [2.75, 3.05) is 7.11 Å². The molecule has 0 aliphatic rings. The van der Waals surface area contributed by atoms with Gasteiger partial charge in [-0.25, -0.2) is 8.42 Å². The Balaban J connectivity index is 2.66. The van der Waals surface area contributed by atoms with Crippen molar-refractivity contribution in [3.8, 4) is 17.1 Å². The molecule has 0 aliphatic carbocycles. The third-order valence-corrected chi connectivity index (χ3v) is 3.88. The molecule has 2 rings (SSSR count). The molecule has 1 heterocycles. The number of benzene rings is 1. The van der Waals surface area contributed by atoms with E-state index < -0.39 is 9.05 Å². The van der Waals surface area contributed by atoms with Gasteiger partial charge in [-0.15, -0.1) is 10.2 Å². The van der Waals surface area contributed by atoms with Crippen molar-refractivity contribution in [2.24, 2.45) is 0 Å². The van der Waals surface area contributed by atoms with Crippen LogP contribution in [0.25, 0.3) is 11.4 Å². The van der Waals surface area contributed by atoms with Crippen LogP contribution in [0.5, 0.6) is 5.75 Å². The van der Waals surface area contributed by atoms with Crippen LogP contribution in [0.2, 0.25) is 0 Å². The van der Waals surface area contributed by atoms with Crippen molar-refractivity contribution in [3.05, 3.63) is 24.3 Å². The Labute approximate surface area is 121 Å². The molecule has 0 spiro atoms. The molecule has 0 fully saturated rings. The SMILES string of the molecule is CCCn1c(-c2ccccc2OC)nnc1S(=O)(=O)Cl. The van der Waals surface area contributed by atoms with Gasteiger partial charge in [-0.1, -0.05) is 19.1 Å². The highest BCUT2D eigenvalue weighted by molar-refractivity contribution is 8.13. The van der Waals surface area contributed by atoms with Crippen molar-refractivity contribution in [3.63, 3.8) is 0 Å². The molecule has 0 saturated heterocycles. The second-order valence-electron chi connectivity index (χ2n) is 4.10. The molecule has 0 radical (unpaired) electrons. The van der Waals surface area contributed by atoms with Crippen LogP contribution in [0.3, 0.4) is 0 Å². The van der Waals surface area contributed by atoms with Crippen LogP contribution in [0.1, 0.15) is 13.3 Å². The maximum Gasteiger partial charge on any atom is 0.296 e. The predicted octanol–water partition coefficient (Wildman–Crippen LogP) is 2.29. The van der Waals surface area contributed by atoms with E-state index in [1.807, 2.05) is 19.1 Å². The van der Waals surface area contributed by atoms with Crippen molar-refractivity contribution < 1.29 is 13.2 Å². The van der Waals surface area contributed by atoms with E-state index in [9.17, 15) is 8.42 Å². The smallest absolute Gasteiger partial charge is 0.296 e. The fraction of sp³-hybridized carbons (Fsp3) is 0.333. The zero-order valence-electron chi connectivity index (χ0n) is 11.1. The van der Waals surface area contributed by atoms with Crippen LogP contribution < -0.4 is 4.74 Å². The molecule has 0 aliphatic heterocycles. The van der Waals surface area contributed by atoms with Crippen LogP contribution in [-0.2, 0) is 15.6 Å². The summed E-state index contributed by atoms with van der Waals surface area (Å²) < 4.78 is 29.8. The summed E-state index contributed by atoms with van der Waals surface area (Å²) >= 11 is 0. The molecule has 0 atom stereocenters. The third-order valence-electron chi connectivity index (χ3n) is 2.73. The van der Waals surface area contributed by atoms with Crippen molar-refractivity contribution >= 4 is 19.7 Å². The first kappa shape index (κ1) is 14.8. The number of methoxy groups -OCH3 is 1. The Bertz CT molecular complexity index is 712. The summed E-state index contributed by atoms with van der Waals surface area (Å²) in [6.45, 7) is 2.37. The van der Waals surface area contributed by atoms with Gasteiger partial charge in [0.2, 0.25) is 0 Å². The second-order valence-corrected chi connectivity index (χ2v) is 6.56. The van der Waals surface area contributed by atoms with Gasteiger partial charge in [-0.05, 0) is 18.6 Å². The van der Waals surface area contributed by atoms with Gasteiger partial charge in [-0.3, -0.25) is 4.57 Å². The lowest BCUT2D eigenvalue weighted by atomic mass is 10.2. The maximum atomic E-state index is 11.5. The van der Waals surface area contributed by atoms with Gasteiger partial charge >= 0.3 is 0 Å². The van der Waals surface area contributed by atoms with Crippen LogP contribution in [0.4, 0.5) is 0 Å². The topological polar surface area (TPSA) is 74.1 Å². The van der Waals surface area contributed by atoms with Crippen molar-refractivity contribution in [2.45, 2.75) is 25.0 Å². The van der Waals surface area contributed by atoms with Gasteiger partial charge in [0.15, 0.2) is 5.82 Å². The van der Waals surface area contributed by atoms with E-state index >= 15 is 0 Å². The summed E-state index contributed by atoms with van der Waals surface area (Å²) in [5.41, 5.74) is 0.669. The van der Waals surface area contributed by atoms with Gasteiger partial charge < -0.3 is 4.74 Å². The molecule has 1 aromatic heterocycles. The molecular formula is C12H14ClN3O3S. The first-order valence-corrected chi connectivity index (χ1v) is 8.31. The van der Waals surface area contributed by atoms with E-state index in [2.05, 4.69) is 10.2 Å². The fourth-order valence-corrected chi connectivity index (χ4v) is 2.84. The minimum atomic E-state index is -3.94. The van der Waals surface area contributed by atoms with E-state index in [0.717, 1.165) is 6.42 Å². The van der Waals surface area contributed by atoms with E-state index in [-0.39, 0.29) is 5.16 Å². The van der Waals surface area contributed by atoms with E-state index in [1.54, 1.807) is 19.2 Å². The van der Waals surface area contributed by atoms with Gasteiger partial charge in [0.25, 0.3) is 14.2 Å². The Morgan fingerprint density at radius 3 is 2.60 bits per heavy atom. The molecular weight excluding hydrogens is 302 g/mol. The highest BCUT2D eigenvalue weighted by Crippen LogP contribution is 2.30. The summed E-state index contributed by atoms with van der Waals surface area (Å²) in [5, 5.41) is 7.40. The molecule has 1 aromatic carbocycles. The average molecular weight is 316 g/mol. The zero-order chi connectivity index (χ0) is 14.8. The van der Waals surface area contributed by atoms with Gasteiger partial charge in [0.1, 0.15) is 5.75 Å². The van der Waals surface area contributed by atoms with E-state index in [1.165, 1.54) is 4.57 Å². The summed E-state index contributed by atoms with van der Waals surface area (Å²) in [6.07, 6.45) is 0.722. The number of hydrogen-bond acceptors (Lipinski definition) is 5. The molecule has 2 aromatic rings. The molecule has 6 nitrogen and oxygen atoms in total. The lowest BCUT2D eigenvalue weighted by molar-refractivity contribution is 0.415. The molecule has 0 unspecified atom stereocenters. The number of hydrogen-bond donors (Lipinski definition) is 0. The quantitative estimate of drug-likeness (QED) is 0.791. The summed E-state index contributed by atoms with van der Waals surface area (Å²) in [7, 11) is 2.99. The molecule has 0 saturated carbocycles. The van der Waals surface area contributed by atoms with Crippen molar-refractivity contribution in [1.82, 2.24) is 14.8 Å². The number of rotatable bonds is 5. The lowest BCUT2D eigenvalue weighted by Gasteiger charge is -2.10. The van der Waals surface area contributed by atoms with Crippen LogP contribution >= 0.6 is 10.7 Å². The normalized spacial score (nSPS) is 11.6. The number of nitrogens with zero attached hydrogens (tertiary/aromatic N) is 3. The second kappa shape index (κ2) is 5.80. The largest absolute Gasteiger partial charge is 0.496 e. The Morgan fingerprint density at radius 1 is 1.30 bits per heavy atom. The first-order valence-electron chi connectivity index (χ1n) is 6.00. The minimum Gasteiger partial charge on any atom is -0.496 e. The fourth-order valence-electron chi connectivity index (χ4n) is 1.92. The standard InChI is InChI=1S/C12H14ClN3O3S/c1-3-8-16-11(14-15-12(16)20(13,17)18)9-6-4-5-7-10(9)19-2/h4-7H,3,8H2,1-2H3. The van der Waals surface area contributed by atoms with E-state index in [4.69, 9.17) is 15.4 Å². The number of halogens is 1.